The normalized spacial score (nSPS) is 16.2. The molecule has 1 aromatic carbocycles. The zero-order chi connectivity index (χ0) is 22.5. The van der Waals surface area contributed by atoms with Gasteiger partial charge in [-0.05, 0) is 44.4 Å². The van der Waals surface area contributed by atoms with Crippen molar-refractivity contribution < 1.29 is 8.42 Å². The Balaban J connectivity index is 1.53. The molecule has 0 atom stereocenters. The monoisotopic (exact) mass is 452 g/mol. The third-order valence-corrected chi connectivity index (χ3v) is 7.68. The molecule has 5 rings (SSSR count). The highest BCUT2D eigenvalue weighted by Gasteiger charge is 2.26. The first-order valence-electron chi connectivity index (χ1n) is 10.9. The van der Waals surface area contributed by atoms with Crippen molar-refractivity contribution in [2.24, 2.45) is 0 Å². The van der Waals surface area contributed by atoms with E-state index in [1.807, 2.05) is 13.0 Å². The molecule has 0 radical (unpaired) electrons. The molecule has 8 nitrogen and oxygen atoms in total. The van der Waals surface area contributed by atoms with Crippen molar-refractivity contribution in [2.75, 3.05) is 24.7 Å². The van der Waals surface area contributed by atoms with Crippen LogP contribution in [0.3, 0.4) is 0 Å². The van der Waals surface area contributed by atoms with Gasteiger partial charge in [0.1, 0.15) is 5.82 Å². The van der Waals surface area contributed by atoms with Crippen LogP contribution in [0.2, 0.25) is 0 Å². The van der Waals surface area contributed by atoms with Crippen LogP contribution in [0.4, 0.5) is 5.69 Å². The molecule has 0 bridgehead atoms. The molecule has 1 saturated heterocycles. The smallest absolute Gasteiger partial charge is 0.211 e. The van der Waals surface area contributed by atoms with Crippen LogP contribution >= 0.6 is 0 Å². The number of nitrogens with zero attached hydrogens (tertiary/aromatic N) is 5. The summed E-state index contributed by atoms with van der Waals surface area (Å²) in [5, 5.41) is 12.4. The number of benzene rings is 1. The molecule has 168 valence electrons. The molecular formula is C23H28N6O2S. The van der Waals surface area contributed by atoms with Crippen molar-refractivity contribution in [3.63, 3.8) is 0 Å². The van der Waals surface area contributed by atoms with Crippen LogP contribution in [-0.4, -0.2) is 57.3 Å². The maximum absolute atomic E-state index is 11.8. The number of aromatic nitrogens is 4. The molecule has 0 amide bonds. The average Bonchev–Trinajstić information content (AvgIpc) is 3.29. The van der Waals surface area contributed by atoms with Gasteiger partial charge in [0, 0.05) is 31.4 Å². The van der Waals surface area contributed by atoms with Gasteiger partial charge < -0.3 is 9.88 Å². The number of hydrogen-bond acceptors (Lipinski definition) is 5. The Kier molecular flexibility index (Phi) is 5.17. The van der Waals surface area contributed by atoms with E-state index in [0.29, 0.717) is 13.1 Å². The number of pyridine rings is 1. The second-order valence-electron chi connectivity index (χ2n) is 8.67. The lowest BCUT2D eigenvalue weighted by Crippen LogP contribution is -2.41. The van der Waals surface area contributed by atoms with Gasteiger partial charge in [0.05, 0.1) is 23.0 Å². The fourth-order valence-electron chi connectivity index (χ4n) is 4.67. The number of rotatable bonds is 5. The Morgan fingerprint density at radius 2 is 1.75 bits per heavy atom. The van der Waals surface area contributed by atoms with Gasteiger partial charge in [0.15, 0.2) is 5.65 Å². The minimum Gasteiger partial charge on any atom is -0.379 e. The molecule has 1 aliphatic rings. The molecular weight excluding hydrogens is 424 g/mol. The van der Waals surface area contributed by atoms with Crippen LogP contribution in [-0.2, 0) is 16.6 Å². The molecule has 0 spiro atoms. The fourth-order valence-corrected chi connectivity index (χ4v) is 5.54. The summed E-state index contributed by atoms with van der Waals surface area (Å²) in [7, 11) is -3.14. The van der Waals surface area contributed by atoms with E-state index in [-0.39, 0.29) is 6.04 Å². The number of nitrogens with one attached hydrogen (secondary N) is 1. The Bertz CT molecular complexity index is 1380. The Morgan fingerprint density at radius 1 is 1.03 bits per heavy atom. The molecule has 0 unspecified atom stereocenters. The van der Waals surface area contributed by atoms with Crippen LogP contribution < -0.4 is 5.32 Å². The molecule has 4 aromatic rings. The molecule has 9 heteroatoms. The van der Waals surface area contributed by atoms with Crippen molar-refractivity contribution in [3.8, 4) is 0 Å². The van der Waals surface area contributed by atoms with Gasteiger partial charge in [-0.3, -0.25) is 4.40 Å². The number of hydrogen-bond donors (Lipinski definition) is 1. The van der Waals surface area contributed by atoms with Crippen molar-refractivity contribution >= 4 is 32.4 Å². The second-order valence-corrected chi connectivity index (χ2v) is 10.7. The van der Waals surface area contributed by atoms with Crippen LogP contribution in [0.5, 0.6) is 0 Å². The van der Waals surface area contributed by atoms with Crippen molar-refractivity contribution in [1.29, 1.82) is 0 Å². The van der Waals surface area contributed by atoms with E-state index >= 15 is 0 Å². The highest BCUT2D eigenvalue weighted by Crippen LogP contribution is 2.30. The van der Waals surface area contributed by atoms with E-state index in [4.69, 9.17) is 0 Å². The Labute approximate surface area is 187 Å². The summed E-state index contributed by atoms with van der Waals surface area (Å²) >= 11 is 0. The van der Waals surface area contributed by atoms with Gasteiger partial charge in [0.25, 0.3) is 0 Å². The lowest BCUT2D eigenvalue weighted by atomic mass is 10.1. The fraction of sp³-hybridized carbons (Fsp3) is 0.391. The first-order chi connectivity index (χ1) is 15.3. The van der Waals surface area contributed by atoms with Gasteiger partial charge in [-0.15, -0.1) is 10.2 Å². The van der Waals surface area contributed by atoms with Gasteiger partial charge in [-0.25, -0.2) is 12.7 Å². The van der Waals surface area contributed by atoms with Gasteiger partial charge in [0.2, 0.25) is 10.0 Å². The van der Waals surface area contributed by atoms with Gasteiger partial charge in [-0.1, -0.05) is 30.3 Å². The highest BCUT2D eigenvalue weighted by atomic mass is 32.2. The van der Waals surface area contributed by atoms with Crippen molar-refractivity contribution in [2.45, 2.75) is 39.3 Å². The molecule has 32 heavy (non-hydrogen) atoms. The number of fused-ring (bicyclic) bond motifs is 3. The summed E-state index contributed by atoms with van der Waals surface area (Å²) in [6.45, 7) is 5.95. The SMILES string of the molecule is Cc1cc2c(cc(NC3CCN(S(C)(=O)=O)CC3)c3nnc(C)n32)n1Cc1ccccc1. The molecule has 0 saturated carbocycles. The van der Waals surface area contributed by atoms with E-state index in [9.17, 15) is 8.42 Å². The van der Waals surface area contributed by atoms with E-state index < -0.39 is 10.0 Å². The van der Waals surface area contributed by atoms with Crippen LogP contribution in [0.15, 0.2) is 42.5 Å². The van der Waals surface area contributed by atoms with E-state index in [2.05, 4.69) is 67.8 Å². The molecule has 1 N–H and O–H groups in total. The molecule has 1 aliphatic heterocycles. The second kappa shape index (κ2) is 7.90. The number of anilines is 1. The quantitative estimate of drug-likeness (QED) is 0.503. The first-order valence-corrected chi connectivity index (χ1v) is 12.8. The molecule has 1 fully saturated rings. The number of aryl methyl sites for hydroxylation is 2. The summed E-state index contributed by atoms with van der Waals surface area (Å²) in [5.74, 6) is 0.845. The molecule has 0 aliphatic carbocycles. The summed E-state index contributed by atoms with van der Waals surface area (Å²) in [5.41, 5.74) is 6.38. The van der Waals surface area contributed by atoms with Crippen molar-refractivity contribution in [1.82, 2.24) is 23.5 Å². The topological polar surface area (TPSA) is 84.5 Å². The predicted molar refractivity (Wildman–Crippen MR) is 127 cm³/mol. The van der Waals surface area contributed by atoms with Gasteiger partial charge in [-0.2, -0.15) is 0 Å². The minimum atomic E-state index is -3.14. The third kappa shape index (κ3) is 3.75. The maximum atomic E-state index is 11.8. The Morgan fingerprint density at radius 3 is 2.44 bits per heavy atom. The van der Waals surface area contributed by atoms with Gasteiger partial charge >= 0.3 is 0 Å². The zero-order valence-corrected chi connectivity index (χ0v) is 19.4. The van der Waals surface area contributed by atoms with E-state index in [0.717, 1.165) is 47.6 Å². The first kappa shape index (κ1) is 21.0. The summed E-state index contributed by atoms with van der Waals surface area (Å²) < 4.78 is 29.7. The number of sulfonamides is 1. The predicted octanol–water partition coefficient (Wildman–Crippen LogP) is 3.19. The Hall–Kier alpha value is -2.91. The zero-order valence-electron chi connectivity index (χ0n) is 18.6. The maximum Gasteiger partial charge on any atom is 0.211 e. The van der Waals surface area contributed by atoms with E-state index in [1.165, 1.54) is 17.5 Å². The van der Waals surface area contributed by atoms with Crippen LogP contribution in [0.1, 0.15) is 29.9 Å². The highest BCUT2D eigenvalue weighted by molar-refractivity contribution is 7.88. The standard InChI is InChI=1S/C23H28N6O2S/c1-16-13-22-21(28(16)15-18-7-5-4-6-8-18)14-20(23-26-25-17(2)29(22)23)24-19-9-11-27(12-10-19)32(3,30)31/h4-8,13-14,19,24H,9-12,15H2,1-3H3. The van der Waals surface area contributed by atoms with Crippen LogP contribution in [0, 0.1) is 13.8 Å². The molecule has 3 aromatic heterocycles. The number of piperidine rings is 1. The summed E-state index contributed by atoms with van der Waals surface area (Å²) in [4.78, 5) is 0. The summed E-state index contributed by atoms with van der Waals surface area (Å²) in [6.07, 6.45) is 2.79. The lowest BCUT2D eigenvalue weighted by Gasteiger charge is -2.31. The van der Waals surface area contributed by atoms with Crippen LogP contribution in [0.25, 0.3) is 16.7 Å². The van der Waals surface area contributed by atoms with Crippen molar-refractivity contribution in [3.05, 3.63) is 59.5 Å². The molecule has 4 heterocycles. The summed E-state index contributed by atoms with van der Waals surface area (Å²) in [6, 6.07) is 15.0. The largest absolute Gasteiger partial charge is 0.379 e. The average molecular weight is 453 g/mol. The third-order valence-electron chi connectivity index (χ3n) is 6.38. The van der Waals surface area contributed by atoms with E-state index in [1.54, 1.807) is 4.31 Å². The lowest BCUT2D eigenvalue weighted by molar-refractivity contribution is 0.332. The minimum absolute atomic E-state index is 0.185.